The zero-order valence-electron chi connectivity index (χ0n) is 39.8. The highest BCUT2D eigenvalue weighted by Gasteiger charge is 2.18. The average molecular weight is 818 g/mol. The van der Waals surface area contributed by atoms with Crippen molar-refractivity contribution in [1.29, 1.82) is 0 Å². The number of aliphatic hydroxyl groups excluding tert-OH is 2. The molecule has 4 heteroatoms. The van der Waals surface area contributed by atoms with Gasteiger partial charge in [-0.25, -0.2) is 0 Å². The van der Waals surface area contributed by atoms with Crippen LogP contribution in [0.25, 0.3) is 0 Å². The van der Waals surface area contributed by atoms with Crippen molar-refractivity contribution in [3.05, 3.63) is 12.2 Å². The van der Waals surface area contributed by atoms with Gasteiger partial charge in [-0.15, -0.1) is 0 Å². The van der Waals surface area contributed by atoms with Gasteiger partial charge in [-0.1, -0.05) is 296 Å². The molecule has 4 nitrogen and oxygen atoms in total. The number of amides is 1. The van der Waals surface area contributed by atoms with Crippen molar-refractivity contribution in [2.24, 2.45) is 0 Å². The zero-order valence-corrected chi connectivity index (χ0v) is 39.8. The van der Waals surface area contributed by atoms with E-state index in [0.29, 0.717) is 6.42 Å². The molecule has 0 heterocycles. The molecule has 0 spiro atoms. The molecule has 58 heavy (non-hydrogen) atoms. The fourth-order valence-electron chi connectivity index (χ4n) is 8.65. The van der Waals surface area contributed by atoms with Crippen molar-refractivity contribution in [3.8, 4) is 0 Å². The van der Waals surface area contributed by atoms with E-state index in [1.807, 2.05) is 6.08 Å². The molecule has 0 radical (unpaired) electrons. The van der Waals surface area contributed by atoms with E-state index in [4.69, 9.17) is 0 Å². The van der Waals surface area contributed by atoms with Gasteiger partial charge < -0.3 is 15.5 Å². The highest BCUT2D eigenvalue weighted by atomic mass is 16.3. The van der Waals surface area contributed by atoms with E-state index in [-0.39, 0.29) is 12.5 Å². The summed E-state index contributed by atoms with van der Waals surface area (Å²) in [4.78, 5) is 12.4. The van der Waals surface area contributed by atoms with Gasteiger partial charge in [0.2, 0.25) is 5.91 Å². The first kappa shape index (κ1) is 57.1. The summed E-state index contributed by atoms with van der Waals surface area (Å²) >= 11 is 0. The van der Waals surface area contributed by atoms with Crippen LogP contribution in [0.2, 0.25) is 0 Å². The Morgan fingerprint density at radius 2 is 0.638 bits per heavy atom. The number of carbonyl (C=O) groups is 1. The van der Waals surface area contributed by atoms with Gasteiger partial charge >= 0.3 is 0 Å². The summed E-state index contributed by atoms with van der Waals surface area (Å²) in [5.74, 6) is -0.0574. The van der Waals surface area contributed by atoms with E-state index in [2.05, 4.69) is 19.2 Å². The first-order valence-electron chi connectivity index (χ1n) is 26.9. The molecule has 0 bridgehead atoms. The van der Waals surface area contributed by atoms with Crippen molar-refractivity contribution in [2.75, 3.05) is 6.61 Å². The normalized spacial score (nSPS) is 12.8. The quantitative estimate of drug-likeness (QED) is 0.0423. The van der Waals surface area contributed by atoms with Gasteiger partial charge in [-0.3, -0.25) is 4.79 Å². The lowest BCUT2D eigenvalue weighted by molar-refractivity contribution is -0.123. The minimum Gasteiger partial charge on any atom is -0.394 e. The number of aliphatic hydroxyl groups is 2. The van der Waals surface area contributed by atoms with Crippen LogP contribution in [0, 0.1) is 0 Å². The first-order valence-corrected chi connectivity index (χ1v) is 26.9. The van der Waals surface area contributed by atoms with Crippen LogP contribution in [0.15, 0.2) is 12.2 Å². The van der Waals surface area contributed by atoms with E-state index < -0.39 is 12.1 Å². The number of rotatable bonds is 50. The van der Waals surface area contributed by atoms with E-state index >= 15 is 0 Å². The van der Waals surface area contributed by atoms with Crippen LogP contribution in [0.5, 0.6) is 0 Å². The van der Waals surface area contributed by atoms with Crippen LogP contribution in [-0.4, -0.2) is 34.9 Å². The third-order valence-electron chi connectivity index (χ3n) is 12.8. The predicted molar refractivity (Wildman–Crippen MR) is 258 cm³/mol. The minimum absolute atomic E-state index is 0.0574. The smallest absolute Gasteiger partial charge is 0.220 e. The Morgan fingerprint density at radius 1 is 0.397 bits per heavy atom. The van der Waals surface area contributed by atoms with Crippen LogP contribution >= 0.6 is 0 Å². The first-order chi connectivity index (χ1) is 28.7. The molecule has 346 valence electrons. The van der Waals surface area contributed by atoms with Gasteiger partial charge in [0, 0.05) is 6.42 Å². The Balaban J connectivity index is 3.39. The Hall–Kier alpha value is -0.870. The number of hydrogen-bond acceptors (Lipinski definition) is 3. The fourth-order valence-corrected chi connectivity index (χ4v) is 8.65. The average Bonchev–Trinajstić information content (AvgIpc) is 3.23. The molecule has 0 fully saturated rings. The molecule has 0 aliphatic heterocycles. The van der Waals surface area contributed by atoms with E-state index in [9.17, 15) is 15.0 Å². The van der Waals surface area contributed by atoms with Gasteiger partial charge in [0.05, 0.1) is 18.8 Å². The Kier molecular flexibility index (Phi) is 49.7. The van der Waals surface area contributed by atoms with Gasteiger partial charge in [-0.2, -0.15) is 0 Å². The maximum Gasteiger partial charge on any atom is 0.220 e. The number of allylic oxidation sites excluding steroid dienone is 1. The highest BCUT2D eigenvalue weighted by molar-refractivity contribution is 5.76. The lowest BCUT2D eigenvalue weighted by atomic mass is 10.0. The van der Waals surface area contributed by atoms with Crippen LogP contribution in [0.4, 0.5) is 0 Å². The van der Waals surface area contributed by atoms with Crippen LogP contribution in [-0.2, 0) is 4.79 Å². The second-order valence-electron chi connectivity index (χ2n) is 18.7. The van der Waals surface area contributed by atoms with Gasteiger partial charge in [0.25, 0.3) is 0 Å². The molecular weight excluding hydrogens is 711 g/mol. The molecule has 0 aromatic carbocycles. The highest BCUT2D eigenvalue weighted by Crippen LogP contribution is 2.18. The van der Waals surface area contributed by atoms with Crippen LogP contribution in [0.3, 0.4) is 0 Å². The SMILES string of the molecule is CCCCCCCCCCCCCC/C=C/C(O)C(CO)NC(=O)CCCCCCCCCCCCCCCCCCCCCCCCCCCCCCCCCC. The third-order valence-corrected chi connectivity index (χ3v) is 12.8. The van der Waals surface area contributed by atoms with E-state index in [1.165, 1.54) is 263 Å². The lowest BCUT2D eigenvalue weighted by Gasteiger charge is -2.20. The van der Waals surface area contributed by atoms with Crippen molar-refractivity contribution in [1.82, 2.24) is 5.32 Å². The topological polar surface area (TPSA) is 69.6 Å². The number of carbonyl (C=O) groups excluding carboxylic acids is 1. The summed E-state index contributed by atoms with van der Waals surface area (Å²) in [5, 5.41) is 23.1. The lowest BCUT2D eigenvalue weighted by Crippen LogP contribution is -2.45. The molecule has 2 unspecified atom stereocenters. The zero-order chi connectivity index (χ0) is 42.1. The maximum absolute atomic E-state index is 12.4. The third kappa shape index (κ3) is 46.2. The van der Waals surface area contributed by atoms with Crippen molar-refractivity contribution in [3.63, 3.8) is 0 Å². The molecule has 0 aliphatic carbocycles. The van der Waals surface area contributed by atoms with Crippen molar-refractivity contribution < 1.29 is 15.0 Å². The van der Waals surface area contributed by atoms with Crippen LogP contribution < -0.4 is 5.32 Å². The van der Waals surface area contributed by atoms with E-state index in [1.54, 1.807) is 6.08 Å². The molecule has 2 atom stereocenters. The van der Waals surface area contributed by atoms with E-state index in [0.717, 1.165) is 25.7 Å². The summed E-state index contributed by atoms with van der Waals surface area (Å²) in [6.07, 6.45) is 65.2. The monoisotopic (exact) mass is 818 g/mol. The summed E-state index contributed by atoms with van der Waals surface area (Å²) < 4.78 is 0. The summed E-state index contributed by atoms with van der Waals surface area (Å²) in [7, 11) is 0. The molecule has 0 saturated heterocycles. The number of unbranched alkanes of at least 4 members (excludes halogenated alkanes) is 43. The predicted octanol–water partition coefficient (Wildman–Crippen LogP) is 17.4. The molecule has 0 rings (SSSR count). The van der Waals surface area contributed by atoms with Crippen LogP contribution in [0.1, 0.15) is 309 Å². The number of hydrogen-bond donors (Lipinski definition) is 3. The molecule has 0 aromatic rings. The molecular formula is C54H107NO3. The molecule has 3 N–H and O–H groups in total. The summed E-state index contributed by atoms with van der Waals surface area (Å²) in [5.41, 5.74) is 0. The van der Waals surface area contributed by atoms with Gasteiger partial charge in [0.1, 0.15) is 0 Å². The van der Waals surface area contributed by atoms with Crippen molar-refractivity contribution >= 4 is 5.91 Å². The van der Waals surface area contributed by atoms with Gasteiger partial charge in [0.15, 0.2) is 0 Å². The Labute approximate surface area is 365 Å². The largest absolute Gasteiger partial charge is 0.394 e. The summed E-state index contributed by atoms with van der Waals surface area (Å²) in [6.45, 7) is 4.34. The molecule has 0 aliphatic rings. The van der Waals surface area contributed by atoms with Crippen molar-refractivity contribution in [2.45, 2.75) is 321 Å². The second kappa shape index (κ2) is 50.5. The number of nitrogens with one attached hydrogen (secondary N) is 1. The van der Waals surface area contributed by atoms with Gasteiger partial charge in [-0.05, 0) is 19.3 Å². The molecule has 1 amide bonds. The fraction of sp³-hybridized carbons (Fsp3) is 0.944. The minimum atomic E-state index is -0.834. The standard InChI is InChI=1S/C54H107NO3/c1-3-5-7-9-11-13-15-17-19-20-21-22-23-24-25-26-27-28-29-30-31-32-33-34-35-36-38-40-42-44-46-48-50-54(58)55-52(51-56)53(57)49-47-45-43-41-39-37-18-16-14-12-10-8-6-4-2/h47,49,52-53,56-57H,3-46,48,50-51H2,1-2H3,(H,55,58)/b49-47+. The molecule has 0 saturated carbocycles. The molecule has 0 aromatic heterocycles. The second-order valence-corrected chi connectivity index (χ2v) is 18.7. The Bertz CT molecular complexity index is 799. The Morgan fingerprint density at radius 3 is 0.897 bits per heavy atom. The summed E-state index contributed by atoms with van der Waals surface area (Å²) in [6, 6.07) is -0.617. The maximum atomic E-state index is 12.4.